The minimum absolute atomic E-state index is 0.0238. The molecule has 0 bridgehead atoms. The number of phosphoric acid groups is 1. The van der Waals surface area contributed by atoms with Crippen molar-refractivity contribution in [3.05, 3.63) is 122 Å². The van der Waals surface area contributed by atoms with Crippen LogP contribution in [0.25, 0.3) is 0 Å². The van der Waals surface area contributed by atoms with Crippen LogP contribution in [0.3, 0.4) is 0 Å². The molecule has 0 radical (unpaired) electrons. The minimum Gasteiger partial charge on any atom is -0.461 e. The highest BCUT2D eigenvalue weighted by atomic mass is 31.2. The molecule has 0 aromatic carbocycles. The molecule has 0 aliphatic heterocycles. The highest BCUT2D eigenvalue weighted by molar-refractivity contribution is 7.47. The monoisotopic (exact) mass is 868 g/mol. The first-order valence-electron chi connectivity index (χ1n) is 22.7. The zero-order chi connectivity index (χ0) is 45.1. The second-order valence-electron chi connectivity index (χ2n) is 14.9. The normalized spacial score (nSPS) is 15.5. The fourth-order valence-electron chi connectivity index (χ4n) is 5.53. The van der Waals surface area contributed by atoms with E-state index in [2.05, 4.69) is 135 Å². The Labute approximate surface area is 371 Å². The van der Waals surface area contributed by atoms with Gasteiger partial charge < -0.3 is 19.3 Å². The first kappa shape index (κ1) is 57.4. The Morgan fingerprint density at radius 2 is 0.885 bits per heavy atom. The molecule has 0 aromatic heterocycles. The van der Waals surface area contributed by atoms with Crippen molar-refractivity contribution in [1.29, 1.82) is 0 Å². The average molecular weight is 868 g/mol. The SMILES string of the molecule is CC/C=C\C/C=C\C/C=C\C/C=C\C/C=C\CCC(CC)C(=O)OCC(COP(=O)(O)OCCN(C)C)OC(=O)C(CC)CC/C=C\C/C=C\C/C=C\C/C=C\C/C=C\CC. The topological polar surface area (TPSA) is 112 Å². The van der Waals surface area contributed by atoms with Gasteiger partial charge in [-0.3, -0.25) is 18.6 Å². The predicted octanol–water partition coefficient (Wildman–Crippen LogP) is 13.3. The van der Waals surface area contributed by atoms with Crippen LogP contribution in [0.15, 0.2) is 122 Å². The molecule has 0 aliphatic carbocycles. The van der Waals surface area contributed by atoms with E-state index in [1.165, 1.54) is 0 Å². The molecular formula is C51H82NO8P. The highest BCUT2D eigenvalue weighted by Gasteiger charge is 2.29. The fourth-order valence-corrected chi connectivity index (χ4v) is 6.27. The number of carbonyl (C=O) groups is 2. The summed E-state index contributed by atoms with van der Waals surface area (Å²) in [5, 5.41) is 0. The Balaban J connectivity index is 5.00. The number of rotatable bonds is 38. The first-order valence-corrected chi connectivity index (χ1v) is 24.2. The number of likely N-dealkylation sites (N-methyl/N-ethyl adjacent to an activating group) is 1. The number of nitrogens with zero attached hydrogens (tertiary/aromatic N) is 1. The second kappa shape index (κ2) is 41.7. The summed E-state index contributed by atoms with van der Waals surface area (Å²) < 4.78 is 34.3. The van der Waals surface area contributed by atoms with Crippen molar-refractivity contribution in [3.63, 3.8) is 0 Å². The molecular weight excluding hydrogens is 786 g/mol. The van der Waals surface area contributed by atoms with Crippen molar-refractivity contribution in [1.82, 2.24) is 4.90 Å². The molecule has 0 aromatic rings. The number of hydrogen-bond acceptors (Lipinski definition) is 8. The number of hydrogen-bond donors (Lipinski definition) is 1. The zero-order valence-corrected chi connectivity index (χ0v) is 39.5. The summed E-state index contributed by atoms with van der Waals surface area (Å²) in [6.45, 7) is 7.75. The predicted molar refractivity (Wildman–Crippen MR) is 256 cm³/mol. The van der Waals surface area contributed by atoms with Gasteiger partial charge in [0.25, 0.3) is 0 Å². The molecule has 0 aliphatic rings. The van der Waals surface area contributed by atoms with Gasteiger partial charge in [-0.1, -0.05) is 149 Å². The van der Waals surface area contributed by atoms with Crippen molar-refractivity contribution in [2.75, 3.05) is 40.5 Å². The minimum atomic E-state index is -4.44. The lowest BCUT2D eigenvalue weighted by molar-refractivity contribution is -0.166. The van der Waals surface area contributed by atoms with Gasteiger partial charge in [0.05, 0.1) is 25.0 Å². The molecule has 4 atom stereocenters. The van der Waals surface area contributed by atoms with Crippen molar-refractivity contribution in [3.8, 4) is 0 Å². The van der Waals surface area contributed by atoms with Gasteiger partial charge in [-0.05, 0) is 117 Å². The lowest BCUT2D eigenvalue weighted by Gasteiger charge is -2.23. The highest BCUT2D eigenvalue weighted by Crippen LogP contribution is 2.43. The van der Waals surface area contributed by atoms with E-state index in [0.29, 0.717) is 38.6 Å². The van der Waals surface area contributed by atoms with E-state index < -0.39 is 38.4 Å². The van der Waals surface area contributed by atoms with E-state index in [9.17, 15) is 19.0 Å². The van der Waals surface area contributed by atoms with Gasteiger partial charge in [0, 0.05) is 6.54 Å². The summed E-state index contributed by atoms with van der Waals surface area (Å²) in [7, 11) is -0.810. The summed E-state index contributed by atoms with van der Waals surface area (Å²) in [6.07, 6.45) is 55.1. The van der Waals surface area contributed by atoms with E-state index in [1.807, 2.05) is 27.9 Å². The third kappa shape index (κ3) is 37.9. The second-order valence-corrected chi connectivity index (χ2v) is 16.3. The third-order valence-corrected chi connectivity index (χ3v) is 10.2. The number of ether oxygens (including phenoxy) is 2. The summed E-state index contributed by atoms with van der Waals surface area (Å²) in [5.74, 6) is -1.61. The number of esters is 2. The molecule has 0 spiro atoms. The van der Waals surface area contributed by atoms with E-state index in [-0.39, 0.29) is 19.1 Å². The lowest BCUT2D eigenvalue weighted by Crippen LogP contribution is -2.33. The van der Waals surface area contributed by atoms with Crippen LogP contribution in [-0.2, 0) is 32.7 Å². The Hall–Kier alpha value is -3.59. The molecule has 61 heavy (non-hydrogen) atoms. The van der Waals surface area contributed by atoms with Crippen LogP contribution in [0, 0.1) is 11.8 Å². The maximum Gasteiger partial charge on any atom is 0.472 e. The standard InChI is InChI=1S/C51H82NO8P/c1-7-11-13-15-17-19-21-23-25-27-29-31-33-35-37-39-41-47(9-3)50(53)57-45-49(46-59-61(55,56)58-44-43-52(5)6)60-51(54)48(10-4)42-40-38-36-34-32-30-28-26-24-22-20-18-16-14-12-8-2/h11-14,17-20,23-26,29-32,35-38,47-49H,7-10,15-16,21-22,27-28,33-34,39-46H2,1-6H3,(H,55,56)/b13-11-,14-12-,19-17-,20-18-,25-23-,26-24-,31-29-,32-30-,37-35-,38-36-. The van der Waals surface area contributed by atoms with Crippen molar-refractivity contribution >= 4 is 19.8 Å². The molecule has 0 saturated carbocycles. The Kier molecular flexibility index (Phi) is 39.3. The van der Waals surface area contributed by atoms with Crippen LogP contribution in [-0.4, -0.2) is 68.3 Å². The molecule has 10 heteroatoms. The van der Waals surface area contributed by atoms with Crippen LogP contribution in [0.5, 0.6) is 0 Å². The number of carbonyl (C=O) groups excluding carboxylic acids is 2. The van der Waals surface area contributed by atoms with Gasteiger partial charge in [-0.2, -0.15) is 0 Å². The molecule has 0 amide bonds. The van der Waals surface area contributed by atoms with Gasteiger partial charge in [0.2, 0.25) is 0 Å². The summed E-state index contributed by atoms with van der Waals surface area (Å²) in [5.41, 5.74) is 0. The fraction of sp³-hybridized carbons (Fsp3) is 0.569. The molecule has 0 saturated heterocycles. The van der Waals surface area contributed by atoms with Crippen LogP contribution < -0.4 is 0 Å². The maximum atomic E-state index is 13.3. The quantitative estimate of drug-likeness (QED) is 0.0368. The Morgan fingerprint density at radius 3 is 1.25 bits per heavy atom. The molecule has 0 fully saturated rings. The van der Waals surface area contributed by atoms with Crippen LogP contribution in [0.1, 0.15) is 130 Å². The molecule has 1 N–H and O–H groups in total. The van der Waals surface area contributed by atoms with Crippen LogP contribution >= 0.6 is 7.82 Å². The van der Waals surface area contributed by atoms with Crippen molar-refractivity contribution in [2.24, 2.45) is 11.8 Å². The lowest BCUT2D eigenvalue weighted by atomic mass is 10.00. The maximum absolute atomic E-state index is 13.3. The van der Waals surface area contributed by atoms with Gasteiger partial charge in [0.15, 0.2) is 6.10 Å². The molecule has 4 unspecified atom stereocenters. The average Bonchev–Trinajstić information content (AvgIpc) is 3.23. The van der Waals surface area contributed by atoms with Gasteiger partial charge in [0.1, 0.15) is 6.61 Å². The largest absolute Gasteiger partial charge is 0.472 e. The summed E-state index contributed by atoms with van der Waals surface area (Å²) in [6, 6.07) is 0. The Bertz CT molecular complexity index is 1450. The van der Waals surface area contributed by atoms with E-state index in [0.717, 1.165) is 70.6 Å². The number of allylic oxidation sites excluding steroid dienone is 20. The van der Waals surface area contributed by atoms with Crippen LogP contribution in [0.4, 0.5) is 0 Å². The number of phosphoric ester groups is 1. The Morgan fingerprint density at radius 1 is 0.525 bits per heavy atom. The molecule has 0 rings (SSSR count). The van der Waals surface area contributed by atoms with Crippen LogP contribution in [0.2, 0.25) is 0 Å². The van der Waals surface area contributed by atoms with Crippen molar-refractivity contribution in [2.45, 2.75) is 137 Å². The van der Waals surface area contributed by atoms with E-state index >= 15 is 0 Å². The van der Waals surface area contributed by atoms with Crippen molar-refractivity contribution < 1.29 is 37.6 Å². The van der Waals surface area contributed by atoms with E-state index in [4.69, 9.17) is 18.5 Å². The van der Waals surface area contributed by atoms with Gasteiger partial charge in [-0.15, -0.1) is 0 Å². The molecule has 9 nitrogen and oxygen atoms in total. The van der Waals surface area contributed by atoms with Gasteiger partial charge >= 0.3 is 19.8 Å². The molecule has 344 valence electrons. The molecule has 0 heterocycles. The smallest absolute Gasteiger partial charge is 0.461 e. The zero-order valence-electron chi connectivity index (χ0n) is 38.6. The first-order chi connectivity index (χ1) is 29.6. The van der Waals surface area contributed by atoms with Gasteiger partial charge in [-0.25, -0.2) is 4.57 Å². The summed E-state index contributed by atoms with van der Waals surface area (Å²) in [4.78, 5) is 38.5. The summed E-state index contributed by atoms with van der Waals surface area (Å²) >= 11 is 0. The third-order valence-electron chi connectivity index (χ3n) is 9.24. The van der Waals surface area contributed by atoms with E-state index in [1.54, 1.807) is 4.90 Å².